The van der Waals surface area contributed by atoms with Gasteiger partial charge >= 0.3 is 5.97 Å². The molecule has 0 bridgehead atoms. The number of halogens is 1. The molecule has 0 unspecified atom stereocenters. The smallest absolute Gasteiger partial charge is 0.340 e. The Hall–Kier alpha value is -2.50. The standard InChI is InChI=1S/C14H13FN2O3/c1-8-7-11(19-2)17-13(16-8)9-5-4-6-10(12(9)15)14(18)20-3/h4-7H,1-3H3. The third-order valence-electron chi connectivity index (χ3n) is 2.68. The molecular formula is C14H13FN2O3. The van der Waals surface area contributed by atoms with Crippen molar-refractivity contribution in [3.8, 4) is 17.3 Å². The van der Waals surface area contributed by atoms with Crippen molar-refractivity contribution >= 4 is 5.97 Å². The van der Waals surface area contributed by atoms with E-state index in [0.717, 1.165) is 0 Å². The normalized spacial score (nSPS) is 10.2. The Morgan fingerprint density at radius 3 is 2.65 bits per heavy atom. The number of carbonyl (C=O) groups is 1. The summed E-state index contributed by atoms with van der Waals surface area (Å²) in [6, 6.07) is 6.02. The largest absolute Gasteiger partial charge is 0.481 e. The van der Waals surface area contributed by atoms with Gasteiger partial charge in [-0.1, -0.05) is 6.07 Å². The SMILES string of the molecule is COC(=O)c1cccc(-c2nc(C)cc(OC)n2)c1F. The summed E-state index contributed by atoms with van der Waals surface area (Å²) in [6.45, 7) is 1.75. The van der Waals surface area contributed by atoms with Gasteiger partial charge in [-0.05, 0) is 19.1 Å². The van der Waals surface area contributed by atoms with Crippen molar-refractivity contribution < 1.29 is 18.7 Å². The van der Waals surface area contributed by atoms with Crippen LogP contribution in [0.15, 0.2) is 24.3 Å². The predicted molar refractivity (Wildman–Crippen MR) is 70.1 cm³/mol. The summed E-state index contributed by atoms with van der Waals surface area (Å²) in [5, 5.41) is 0. The van der Waals surface area contributed by atoms with Gasteiger partial charge in [-0.25, -0.2) is 14.2 Å². The molecule has 0 atom stereocenters. The number of hydrogen-bond acceptors (Lipinski definition) is 5. The topological polar surface area (TPSA) is 61.3 Å². The maximum Gasteiger partial charge on any atom is 0.340 e. The summed E-state index contributed by atoms with van der Waals surface area (Å²) in [6.07, 6.45) is 0. The quantitative estimate of drug-likeness (QED) is 0.805. The Labute approximate surface area is 115 Å². The number of esters is 1. The van der Waals surface area contributed by atoms with E-state index in [2.05, 4.69) is 14.7 Å². The molecule has 0 N–H and O–H groups in total. The molecule has 5 nitrogen and oxygen atoms in total. The number of hydrogen-bond donors (Lipinski definition) is 0. The highest BCUT2D eigenvalue weighted by atomic mass is 19.1. The van der Waals surface area contributed by atoms with Crippen LogP contribution in [0.1, 0.15) is 16.1 Å². The van der Waals surface area contributed by atoms with Crippen LogP contribution in [0.25, 0.3) is 11.4 Å². The Balaban J connectivity index is 2.58. The number of carbonyl (C=O) groups excluding carboxylic acids is 1. The highest BCUT2D eigenvalue weighted by Gasteiger charge is 2.18. The van der Waals surface area contributed by atoms with E-state index in [-0.39, 0.29) is 17.0 Å². The first-order valence-corrected chi connectivity index (χ1v) is 5.83. The van der Waals surface area contributed by atoms with Crippen LogP contribution in [0.2, 0.25) is 0 Å². The van der Waals surface area contributed by atoms with Gasteiger partial charge in [0.25, 0.3) is 0 Å². The molecule has 20 heavy (non-hydrogen) atoms. The highest BCUT2D eigenvalue weighted by molar-refractivity contribution is 5.91. The Kier molecular flexibility index (Phi) is 3.93. The molecule has 0 radical (unpaired) electrons. The second-order valence-corrected chi connectivity index (χ2v) is 4.03. The van der Waals surface area contributed by atoms with Gasteiger partial charge in [0, 0.05) is 11.8 Å². The first-order chi connectivity index (χ1) is 9.56. The van der Waals surface area contributed by atoms with Crippen molar-refractivity contribution in [2.45, 2.75) is 6.92 Å². The van der Waals surface area contributed by atoms with Gasteiger partial charge in [0.1, 0.15) is 5.82 Å². The van der Waals surface area contributed by atoms with Crippen LogP contribution < -0.4 is 4.74 Å². The molecular weight excluding hydrogens is 263 g/mol. The Bertz CT molecular complexity index is 659. The molecule has 104 valence electrons. The summed E-state index contributed by atoms with van der Waals surface area (Å²) in [4.78, 5) is 19.7. The van der Waals surface area contributed by atoms with Gasteiger partial charge in [-0.2, -0.15) is 4.98 Å². The van der Waals surface area contributed by atoms with Gasteiger partial charge in [0.05, 0.1) is 25.3 Å². The zero-order chi connectivity index (χ0) is 14.7. The van der Waals surface area contributed by atoms with E-state index in [4.69, 9.17) is 4.74 Å². The van der Waals surface area contributed by atoms with Crippen LogP contribution in [0.5, 0.6) is 5.88 Å². The predicted octanol–water partition coefficient (Wildman–Crippen LogP) is 2.39. The summed E-state index contributed by atoms with van der Waals surface area (Å²) in [5.74, 6) is -0.976. The first-order valence-electron chi connectivity index (χ1n) is 5.83. The second-order valence-electron chi connectivity index (χ2n) is 4.03. The monoisotopic (exact) mass is 276 g/mol. The molecule has 1 aromatic carbocycles. The molecule has 1 heterocycles. The van der Waals surface area contributed by atoms with Gasteiger partial charge < -0.3 is 9.47 Å². The summed E-state index contributed by atoms with van der Waals surface area (Å²) >= 11 is 0. The van der Waals surface area contributed by atoms with Crippen molar-refractivity contribution in [3.05, 3.63) is 41.3 Å². The third-order valence-corrected chi connectivity index (χ3v) is 2.68. The average Bonchev–Trinajstić information content (AvgIpc) is 2.46. The van der Waals surface area contributed by atoms with E-state index < -0.39 is 11.8 Å². The number of aromatic nitrogens is 2. The zero-order valence-corrected chi connectivity index (χ0v) is 11.3. The molecule has 2 rings (SSSR count). The minimum absolute atomic E-state index is 0.120. The van der Waals surface area contributed by atoms with E-state index in [1.54, 1.807) is 19.1 Å². The molecule has 0 saturated carbocycles. The lowest BCUT2D eigenvalue weighted by Crippen LogP contribution is -2.06. The zero-order valence-electron chi connectivity index (χ0n) is 11.3. The van der Waals surface area contributed by atoms with E-state index in [9.17, 15) is 9.18 Å². The average molecular weight is 276 g/mol. The fourth-order valence-corrected chi connectivity index (χ4v) is 1.74. The van der Waals surface area contributed by atoms with Crippen LogP contribution in [-0.2, 0) is 4.74 Å². The molecule has 0 aliphatic rings. The van der Waals surface area contributed by atoms with E-state index in [1.807, 2.05) is 0 Å². The van der Waals surface area contributed by atoms with E-state index in [1.165, 1.54) is 26.4 Å². The van der Waals surface area contributed by atoms with Crippen molar-refractivity contribution in [2.75, 3.05) is 14.2 Å². The van der Waals surface area contributed by atoms with Crippen LogP contribution in [-0.4, -0.2) is 30.2 Å². The first kappa shape index (κ1) is 13.9. The molecule has 0 aliphatic heterocycles. The van der Waals surface area contributed by atoms with Gasteiger partial charge in [0.2, 0.25) is 5.88 Å². The minimum atomic E-state index is -0.746. The summed E-state index contributed by atoms with van der Waals surface area (Å²) in [7, 11) is 2.66. The highest BCUT2D eigenvalue weighted by Crippen LogP contribution is 2.24. The van der Waals surface area contributed by atoms with Gasteiger partial charge in [-0.15, -0.1) is 0 Å². The van der Waals surface area contributed by atoms with Crippen molar-refractivity contribution in [1.29, 1.82) is 0 Å². The molecule has 2 aromatic rings. The molecule has 0 aliphatic carbocycles. The number of rotatable bonds is 3. The molecule has 6 heteroatoms. The third kappa shape index (κ3) is 2.59. The summed E-state index contributed by atoms with van der Waals surface area (Å²) in [5.41, 5.74) is 0.596. The van der Waals surface area contributed by atoms with Crippen molar-refractivity contribution in [1.82, 2.24) is 9.97 Å². The molecule has 0 saturated heterocycles. The van der Waals surface area contributed by atoms with E-state index in [0.29, 0.717) is 11.6 Å². The molecule has 1 aromatic heterocycles. The van der Waals surface area contributed by atoms with Crippen molar-refractivity contribution in [2.24, 2.45) is 0 Å². The number of ether oxygens (including phenoxy) is 2. The lowest BCUT2D eigenvalue weighted by atomic mass is 10.1. The van der Waals surface area contributed by atoms with Crippen LogP contribution in [0.3, 0.4) is 0 Å². The molecule has 0 amide bonds. The maximum absolute atomic E-state index is 14.3. The fourth-order valence-electron chi connectivity index (χ4n) is 1.74. The Morgan fingerprint density at radius 2 is 2.00 bits per heavy atom. The molecule has 0 fully saturated rings. The van der Waals surface area contributed by atoms with Crippen LogP contribution in [0, 0.1) is 12.7 Å². The summed E-state index contributed by atoms with van der Waals surface area (Å²) < 4.78 is 23.9. The fraction of sp³-hybridized carbons (Fsp3) is 0.214. The lowest BCUT2D eigenvalue weighted by Gasteiger charge is -2.08. The van der Waals surface area contributed by atoms with Crippen molar-refractivity contribution in [3.63, 3.8) is 0 Å². The van der Waals surface area contributed by atoms with Gasteiger partial charge in [0.15, 0.2) is 5.82 Å². The number of benzene rings is 1. The molecule has 0 spiro atoms. The number of aryl methyl sites for hydroxylation is 1. The van der Waals surface area contributed by atoms with Crippen LogP contribution >= 0.6 is 0 Å². The maximum atomic E-state index is 14.3. The van der Waals surface area contributed by atoms with Crippen LogP contribution in [0.4, 0.5) is 4.39 Å². The van der Waals surface area contributed by atoms with Gasteiger partial charge in [-0.3, -0.25) is 0 Å². The van der Waals surface area contributed by atoms with E-state index >= 15 is 0 Å². The minimum Gasteiger partial charge on any atom is -0.481 e. The Morgan fingerprint density at radius 1 is 1.25 bits per heavy atom. The number of methoxy groups -OCH3 is 2. The lowest BCUT2D eigenvalue weighted by molar-refractivity contribution is 0.0595. The second kappa shape index (κ2) is 5.64. The number of nitrogens with zero attached hydrogens (tertiary/aromatic N) is 2.